The van der Waals surface area contributed by atoms with Crippen LogP contribution in [0, 0.1) is 5.41 Å². The smallest absolute Gasteiger partial charge is 0.390 e. The van der Waals surface area contributed by atoms with E-state index in [1.807, 2.05) is 13.8 Å². The molecule has 1 rings (SSSR count). The first-order chi connectivity index (χ1) is 6.70. The van der Waals surface area contributed by atoms with Crippen LogP contribution in [-0.2, 0) is 4.74 Å². The lowest BCUT2D eigenvalue weighted by Crippen LogP contribution is -2.40. The molecule has 2 atom stereocenters. The van der Waals surface area contributed by atoms with Gasteiger partial charge in [-0.2, -0.15) is 13.2 Å². The molecule has 1 fully saturated rings. The molecule has 0 aromatic heterocycles. The van der Waals surface area contributed by atoms with Gasteiger partial charge >= 0.3 is 6.18 Å². The van der Waals surface area contributed by atoms with Crippen molar-refractivity contribution in [2.75, 3.05) is 6.61 Å². The lowest BCUT2D eigenvalue weighted by molar-refractivity contribution is -0.203. The highest BCUT2D eigenvalue weighted by Gasteiger charge is 2.37. The molecule has 0 aliphatic heterocycles. The largest absolute Gasteiger partial charge is 0.411 e. The highest BCUT2D eigenvalue weighted by Crippen LogP contribution is 2.37. The average molecular weight is 226 g/mol. The maximum Gasteiger partial charge on any atom is 0.411 e. The van der Waals surface area contributed by atoms with Gasteiger partial charge in [-0.05, 0) is 24.7 Å². The van der Waals surface area contributed by atoms with Crippen LogP contribution in [-0.4, -0.2) is 30.1 Å². The van der Waals surface area contributed by atoms with Crippen LogP contribution in [0.3, 0.4) is 0 Å². The Balaban J connectivity index is 2.45. The summed E-state index contributed by atoms with van der Waals surface area (Å²) in [6, 6.07) is 0. The Morgan fingerprint density at radius 3 is 2.53 bits per heavy atom. The number of aliphatic hydroxyl groups excluding tert-OH is 1. The molecule has 1 aliphatic carbocycles. The van der Waals surface area contributed by atoms with E-state index in [1.54, 1.807) is 0 Å². The fourth-order valence-corrected chi connectivity index (χ4v) is 1.88. The second-order valence-electron chi connectivity index (χ2n) is 4.94. The summed E-state index contributed by atoms with van der Waals surface area (Å²) in [6.45, 7) is 2.68. The van der Waals surface area contributed by atoms with Crippen LogP contribution in [0.25, 0.3) is 0 Å². The van der Waals surface area contributed by atoms with E-state index in [9.17, 15) is 18.3 Å². The van der Waals surface area contributed by atoms with Gasteiger partial charge in [-0.15, -0.1) is 0 Å². The molecule has 0 spiro atoms. The Labute approximate surface area is 87.4 Å². The first-order valence-electron chi connectivity index (χ1n) is 5.06. The van der Waals surface area contributed by atoms with Crippen molar-refractivity contribution in [3.8, 4) is 0 Å². The van der Waals surface area contributed by atoms with E-state index in [4.69, 9.17) is 4.74 Å². The van der Waals surface area contributed by atoms with Gasteiger partial charge in [0.25, 0.3) is 0 Å². The summed E-state index contributed by atoms with van der Waals surface area (Å²) in [7, 11) is 0. The molecular formula is C10H17F3O2. The fourth-order valence-electron chi connectivity index (χ4n) is 1.88. The molecule has 0 saturated heterocycles. The fraction of sp³-hybridized carbons (Fsp3) is 1.00. The molecule has 2 nitrogen and oxygen atoms in total. The van der Waals surface area contributed by atoms with Gasteiger partial charge in [0, 0.05) is 0 Å². The van der Waals surface area contributed by atoms with Gasteiger partial charge in [0.2, 0.25) is 0 Å². The minimum atomic E-state index is -4.32. The van der Waals surface area contributed by atoms with Crippen molar-refractivity contribution >= 4 is 0 Å². The van der Waals surface area contributed by atoms with Crippen molar-refractivity contribution in [1.82, 2.24) is 0 Å². The Morgan fingerprint density at radius 1 is 1.40 bits per heavy atom. The predicted molar refractivity (Wildman–Crippen MR) is 49.4 cm³/mol. The summed E-state index contributed by atoms with van der Waals surface area (Å²) in [5.74, 6) is 0. The minimum Gasteiger partial charge on any atom is -0.390 e. The highest BCUT2D eigenvalue weighted by atomic mass is 19.4. The zero-order valence-corrected chi connectivity index (χ0v) is 8.97. The molecule has 15 heavy (non-hydrogen) atoms. The van der Waals surface area contributed by atoms with E-state index < -0.39 is 25.0 Å². The molecule has 5 heteroatoms. The van der Waals surface area contributed by atoms with E-state index in [2.05, 4.69) is 0 Å². The Hall–Kier alpha value is -0.290. The highest BCUT2D eigenvalue weighted by molar-refractivity contribution is 4.85. The van der Waals surface area contributed by atoms with Crippen LogP contribution in [0.5, 0.6) is 0 Å². The van der Waals surface area contributed by atoms with Gasteiger partial charge in [-0.25, -0.2) is 0 Å². The van der Waals surface area contributed by atoms with Gasteiger partial charge in [0.1, 0.15) is 6.61 Å². The van der Waals surface area contributed by atoms with Crippen molar-refractivity contribution in [2.45, 2.75) is 51.5 Å². The summed E-state index contributed by atoms with van der Waals surface area (Å²) in [6.07, 6.45) is -3.96. The molecule has 0 aromatic carbocycles. The number of hydrogen-bond donors (Lipinski definition) is 1. The number of alkyl halides is 3. The van der Waals surface area contributed by atoms with Gasteiger partial charge < -0.3 is 9.84 Å². The van der Waals surface area contributed by atoms with Crippen molar-refractivity contribution in [3.05, 3.63) is 0 Å². The van der Waals surface area contributed by atoms with E-state index >= 15 is 0 Å². The third-order valence-corrected chi connectivity index (χ3v) is 2.76. The zero-order valence-electron chi connectivity index (χ0n) is 8.97. The van der Waals surface area contributed by atoms with Gasteiger partial charge in [0.05, 0.1) is 12.2 Å². The normalized spacial score (nSPS) is 31.6. The molecule has 0 heterocycles. The third-order valence-electron chi connectivity index (χ3n) is 2.76. The van der Waals surface area contributed by atoms with Crippen LogP contribution < -0.4 is 0 Å². The molecule has 0 bridgehead atoms. The first-order valence-corrected chi connectivity index (χ1v) is 5.06. The van der Waals surface area contributed by atoms with Crippen molar-refractivity contribution in [3.63, 3.8) is 0 Å². The Bertz CT molecular complexity index is 213. The maximum atomic E-state index is 11.9. The topological polar surface area (TPSA) is 29.5 Å². The van der Waals surface area contributed by atoms with E-state index in [0.29, 0.717) is 12.8 Å². The van der Waals surface area contributed by atoms with Crippen molar-refractivity contribution in [2.24, 2.45) is 5.41 Å². The molecular weight excluding hydrogens is 209 g/mol. The van der Waals surface area contributed by atoms with E-state index in [1.165, 1.54) is 0 Å². The number of aliphatic hydroxyl groups is 1. The maximum absolute atomic E-state index is 11.9. The summed E-state index contributed by atoms with van der Waals surface area (Å²) in [4.78, 5) is 0. The molecule has 1 aliphatic rings. The molecule has 0 amide bonds. The van der Waals surface area contributed by atoms with Crippen LogP contribution in [0.2, 0.25) is 0 Å². The monoisotopic (exact) mass is 226 g/mol. The van der Waals surface area contributed by atoms with Crippen molar-refractivity contribution < 1.29 is 23.0 Å². The molecule has 0 aromatic rings. The zero-order chi connectivity index (χ0) is 11.7. The first kappa shape index (κ1) is 12.8. The molecule has 90 valence electrons. The van der Waals surface area contributed by atoms with E-state index in [0.717, 1.165) is 6.42 Å². The SMILES string of the molecule is CC1(C)CCC(O)C(OCC(F)(F)F)C1. The lowest BCUT2D eigenvalue weighted by Gasteiger charge is -2.38. The number of rotatable bonds is 2. The Morgan fingerprint density at radius 2 is 2.00 bits per heavy atom. The van der Waals surface area contributed by atoms with E-state index in [-0.39, 0.29) is 5.41 Å². The van der Waals surface area contributed by atoms with Crippen LogP contribution in [0.4, 0.5) is 13.2 Å². The molecule has 0 radical (unpaired) electrons. The van der Waals surface area contributed by atoms with Gasteiger partial charge in [-0.3, -0.25) is 0 Å². The number of ether oxygens (including phenoxy) is 1. The number of hydrogen-bond acceptors (Lipinski definition) is 2. The van der Waals surface area contributed by atoms with Gasteiger partial charge in [-0.1, -0.05) is 13.8 Å². The van der Waals surface area contributed by atoms with Crippen LogP contribution in [0.1, 0.15) is 33.1 Å². The summed E-state index contributed by atoms with van der Waals surface area (Å²) >= 11 is 0. The second kappa shape index (κ2) is 4.29. The molecule has 1 saturated carbocycles. The standard InChI is InChI=1S/C10H17F3O2/c1-9(2)4-3-7(14)8(5-9)15-6-10(11,12)13/h7-8,14H,3-6H2,1-2H3. The number of halogens is 3. The second-order valence-corrected chi connectivity index (χ2v) is 4.94. The summed E-state index contributed by atoms with van der Waals surface area (Å²) in [5, 5.41) is 9.51. The Kier molecular flexibility index (Phi) is 3.66. The summed E-state index contributed by atoms with van der Waals surface area (Å²) in [5.41, 5.74) is -0.0461. The van der Waals surface area contributed by atoms with Crippen LogP contribution in [0.15, 0.2) is 0 Å². The lowest BCUT2D eigenvalue weighted by atomic mass is 9.75. The molecule has 2 unspecified atom stereocenters. The quantitative estimate of drug-likeness (QED) is 0.784. The predicted octanol–water partition coefficient (Wildman–Crippen LogP) is 2.50. The average Bonchev–Trinajstić information content (AvgIpc) is 2.05. The van der Waals surface area contributed by atoms with Gasteiger partial charge in [0.15, 0.2) is 0 Å². The molecule has 1 N–H and O–H groups in total. The minimum absolute atomic E-state index is 0.0461. The summed E-state index contributed by atoms with van der Waals surface area (Å²) < 4.78 is 40.5. The third kappa shape index (κ3) is 4.38. The van der Waals surface area contributed by atoms with Crippen molar-refractivity contribution in [1.29, 1.82) is 0 Å². The van der Waals surface area contributed by atoms with Crippen LogP contribution >= 0.6 is 0 Å².